The molecule has 1 N–H and O–H groups in total. The second-order valence-corrected chi connectivity index (χ2v) is 4.22. The Balaban J connectivity index is 2.07. The number of nitro benzene ring substituents is 1. The third-order valence-electron chi connectivity index (χ3n) is 2.93. The zero-order valence-corrected chi connectivity index (χ0v) is 9.76. The van der Waals surface area contributed by atoms with E-state index in [0.29, 0.717) is 18.3 Å². The zero-order chi connectivity index (χ0) is 13.0. The maximum atomic E-state index is 10.8. The summed E-state index contributed by atoms with van der Waals surface area (Å²) >= 11 is 0. The Morgan fingerprint density at radius 3 is 3.06 bits per heavy atom. The third kappa shape index (κ3) is 2.76. The average Bonchev–Trinajstić information content (AvgIpc) is 2.89. The van der Waals surface area contributed by atoms with Crippen molar-refractivity contribution in [3.8, 4) is 11.8 Å². The van der Waals surface area contributed by atoms with Gasteiger partial charge in [0.25, 0.3) is 5.69 Å². The second kappa shape index (κ2) is 5.47. The molecule has 1 aromatic carbocycles. The van der Waals surface area contributed by atoms with Crippen LogP contribution in [0.4, 0.5) is 5.69 Å². The van der Waals surface area contributed by atoms with Crippen LogP contribution in [0.1, 0.15) is 12.0 Å². The highest BCUT2D eigenvalue weighted by Crippen LogP contribution is 2.24. The molecular weight excluding hydrogens is 234 g/mol. The molecular formula is C12H13N3O3. The number of rotatable bonds is 4. The largest absolute Gasteiger partial charge is 0.493 e. The van der Waals surface area contributed by atoms with E-state index in [4.69, 9.17) is 10.00 Å². The third-order valence-corrected chi connectivity index (χ3v) is 2.93. The lowest BCUT2D eigenvalue weighted by molar-refractivity contribution is -0.385. The normalized spacial score (nSPS) is 18.3. The molecule has 1 unspecified atom stereocenters. The molecule has 1 saturated heterocycles. The van der Waals surface area contributed by atoms with Crippen molar-refractivity contribution in [1.29, 1.82) is 5.26 Å². The Hall–Kier alpha value is -2.13. The van der Waals surface area contributed by atoms with E-state index in [0.717, 1.165) is 19.5 Å². The predicted octanol–water partition coefficient (Wildman–Crippen LogP) is 1.45. The lowest BCUT2D eigenvalue weighted by atomic mass is 10.1. The van der Waals surface area contributed by atoms with Crippen LogP contribution in [0.5, 0.6) is 5.75 Å². The van der Waals surface area contributed by atoms with Gasteiger partial charge in [-0.1, -0.05) is 0 Å². The van der Waals surface area contributed by atoms with Gasteiger partial charge in [0.05, 0.1) is 17.6 Å². The Morgan fingerprint density at radius 2 is 2.44 bits per heavy atom. The first kappa shape index (κ1) is 12.3. The number of nitrogens with one attached hydrogen (secondary N) is 1. The van der Waals surface area contributed by atoms with E-state index in [2.05, 4.69) is 5.32 Å². The first-order valence-corrected chi connectivity index (χ1v) is 5.73. The number of nitro groups is 1. The fraction of sp³-hybridized carbons (Fsp3) is 0.417. The van der Waals surface area contributed by atoms with Crippen molar-refractivity contribution in [2.24, 2.45) is 5.92 Å². The van der Waals surface area contributed by atoms with E-state index < -0.39 is 4.92 Å². The summed E-state index contributed by atoms with van der Waals surface area (Å²) in [5.74, 6) is 0.882. The van der Waals surface area contributed by atoms with Crippen molar-refractivity contribution in [2.45, 2.75) is 6.42 Å². The van der Waals surface area contributed by atoms with Gasteiger partial charge in [-0.05, 0) is 25.1 Å². The van der Waals surface area contributed by atoms with Gasteiger partial charge in [-0.15, -0.1) is 0 Å². The van der Waals surface area contributed by atoms with Gasteiger partial charge in [0.2, 0.25) is 0 Å². The SMILES string of the molecule is N#Cc1ccc(OCC2CCNC2)cc1[N+](=O)[O-]. The molecule has 94 valence electrons. The Bertz CT molecular complexity index is 490. The number of nitriles is 1. The topological polar surface area (TPSA) is 88.2 Å². The molecule has 0 radical (unpaired) electrons. The molecule has 18 heavy (non-hydrogen) atoms. The minimum absolute atomic E-state index is 0.0508. The van der Waals surface area contributed by atoms with Gasteiger partial charge in [0.1, 0.15) is 17.4 Å². The lowest BCUT2D eigenvalue weighted by Crippen LogP contribution is -2.15. The minimum atomic E-state index is -0.567. The maximum Gasteiger partial charge on any atom is 0.290 e. The molecule has 0 bridgehead atoms. The van der Waals surface area contributed by atoms with Crippen molar-refractivity contribution in [3.63, 3.8) is 0 Å². The molecule has 0 spiro atoms. The zero-order valence-electron chi connectivity index (χ0n) is 9.76. The monoisotopic (exact) mass is 247 g/mol. The lowest BCUT2D eigenvalue weighted by Gasteiger charge is -2.10. The maximum absolute atomic E-state index is 10.8. The second-order valence-electron chi connectivity index (χ2n) is 4.22. The number of benzene rings is 1. The van der Waals surface area contributed by atoms with Gasteiger partial charge in [-0.3, -0.25) is 10.1 Å². The summed E-state index contributed by atoms with van der Waals surface area (Å²) in [4.78, 5) is 10.2. The molecule has 0 aliphatic carbocycles. The average molecular weight is 247 g/mol. The first-order valence-electron chi connectivity index (χ1n) is 5.73. The molecule has 1 heterocycles. The molecule has 1 aliphatic heterocycles. The molecule has 1 atom stereocenters. The van der Waals surface area contributed by atoms with Crippen LogP contribution in [-0.2, 0) is 0 Å². The van der Waals surface area contributed by atoms with E-state index in [1.807, 2.05) is 0 Å². The minimum Gasteiger partial charge on any atom is -0.493 e. The van der Waals surface area contributed by atoms with Gasteiger partial charge < -0.3 is 10.1 Å². The van der Waals surface area contributed by atoms with E-state index in [1.54, 1.807) is 12.1 Å². The summed E-state index contributed by atoms with van der Waals surface area (Å²) in [5, 5.41) is 22.8. The van der Waals surface area contributed by atoms with Crippen LogP contribution in [0, 0.1) is 27.4 Å². The Morgan fingerprint density at radius 1 is 1.61 bits per heavy atom. The van der Waals surface area contributed by atoms with Crippen molar-refractivity contribution in [1.82, 2.24) is 5.32 Å². The fourth-order valence-electron chi connectivity index (χ4n) is 1.92. The predicted molar refractivity (Wildman–Crippen MR) is 64.3 cm³/mol. The van der Waals surface area contributed by atoms with Crippen LogP contribution in [0.15, 0.2) is 18.2 Å². The van der Waals surface area contributed by atoms with E-state index in [-0.39, 0.29) is 11.3 Å². The molecule has 2 rings (SSSR count). The quantitative estimate of drug-likeness (QED) is 0.642. The first-order chi connectivity index (χ1) is 8.70. The summed E-state index contributed by atoms with van der Waals surface area (Å²) in [6.45, 7) is 2.44. The molecule has 6 nitrogen and oxygen atoms in total. The molecule has 0 aromatic heterocycles. The molecule has 0 saturated carbocycles. The van der Waals surface area contributed by atoms with Crippen LogP contribution in [-0.4, -0.2) is 24.6 Å². The molecule has 1 fully saturated rings. The molecule has 0 amide bonds. The summed E-state index contributed by atoms with van der Waals surface area (Å²) in [7, 11) is 0. The van der Waals surface area contributed by atoms with Gasteiger partial charge in [0, 0.05) is 12.5 Å². The van der Waals surface area contributed by atoms with E-state index >= 15 is 0 Å². The fourth-order valence-corrected chi connectivity index (χ4v) is 1.92. The standard InChI is InChI=1S/C12H13N3O3/c13-6-10-1-2-11(5-12(10)15(16)17)18-8-9-3-4-14-7-9/h1-2,5,9,14H,3-4,7-8H2. The van der Waals surface area contributed by atoms with Crippen molar-refractivity contribution in [3.05, 3.63) is 33.9 Å². The van der Waals surface area contributed by atoms with Gasteiger partial charge >= 0.3 is 0 Å². The van der Waals surface area contributed by atoms with Gasteiger partial charge in [0.15, 0.2) is 0 Å². The molecule has 1 aromatic rings. The van der Waals surface area contributed by atoms with E-state index in [1.165, 1.54) is 12.1 Å². The Kier molecular flexibility index (Phi) is 3.75. The summed E-state index contributed by atoms with van der Waals surface area (Å²) in [5.41, 5.74) is -0.158. The van der Waals surface area contributed by atoms with Gasteiger partial charge in [-0.25, -0.2) is 0 Å². The number of hydrogen-bond acceptors (Lipinski definition) is 5. The number of hydrogen-bond donors (Lipinski definition) is 1. The Labute approximate surface area is 104 Å². The number of nitrogens with zero attached hydrogens (tertiary/aromatic N) is 2. The van der Waals surface area contributed by atoms with Crippen LogP contribution in [0.2, 0.25) is 0 Å². The highest BCUT2D eigenvalue weighted by Gasteiger charge is 2.17. The molecule has 6 heteroatoms. The molecule has 1 aliphatic rings. The van der Waals surface area contributed by atoms with Crippen molar-refractivity contribution in [2.75, 3.05) is 19.7 Å². The van der Waals surface area contributed by atoms with Crippen LogP contribution in [0.25, 0.3) is 0 Å². The number of ether oxygens (including phenoxy) is 1. The van der Waals surface area contributed by atoms with Gasteiger partial charge in [-0.2, -0.15) is 5.26 Å². The summed E-state index contributed by atoms with van der Waals surface area (Å²) < 4.78 is 5.53. The van der Waals surface area contributed by atoms with Crippen LogP contribution < -0.4 is 10.1 Å². The smallest absolute Gasteiger partial charge is 0.290 e. The highest BCUT2D eigenvalue weighted by molar-refractivity contribution is 5.52. The van der Waals surface area contributed by atoms with Crippen molar-refractivity contribution >= 4 is 5.69 Å². The van der Waals surface area contributed by atoms with Crippen LogP contribution in [0.3, 0.4) is 0 Å². The van der Waals surface area contributed by atoms with Crippen LogP contribution >= 0.6 is 0 Å². The summed E-state index contributed by atoms with van der Waals surface area (Å²) in [6.07, 6.45) is 1.05. The van der Waals surface area contributed by atoms with E-state index in [9.17, 15) is 10.1 Å². The summed E-state index contributed by atoms with van der Waals surface area (Å²) in [6, 6.07) is 6.11. The highest BCUT2D eigenvalue weighted by atomic mass is 16.6. The van der Waals surface area contributed by atoms with Crippen molar-refractivity contribution < 1.29 is 9.66 Å².